The number of carbonyl (C=O) groups excluding carboxylic acids is 1. The van der Waals surface area contributed by atoms with Crippen LogP contribution in [0.2, 0.25) is 0 Å². The Morgan fingerprint density at radius 3 is 2.26 bits per heavy atom. The zero-order chi connectivity index (χ0) is 22.4. The van der Waals surface area contributed by atoms with Gasteiger partial charge in [0.15, 0.2) is 0 Å². The molecule has 0 radical (unpaired) electrons. The van der Waals surface area contributed by atoms with Crippen molar-refractivity contribution < 1.29 is 17.9 Å². The molecule has 0 heterocycles. The minimum atomic E-state index is -3.96. The fourth-order valence-electron chi connectivity index (χ4n) is 3.19. The van der Waals surface area contributed by atoms with Crippen LogP contribution in [0.4, 0.5) is 5.69 Å². The van der Waals surface area contributed by atoms with Crippen LogP contribution >= 0.6 is 0 Å². The second-order valence-corrected chi connectivity index (χ2v) is 8.82. The molecule has 0 saturated carbocycles. The SMILES string of the molecule is CCc1ccc(NS(=O)(=O)c2cc(C(=O)N(C)Cc3ccccc3)ccc2OC)cc1. The fraction of sp³-hybridized carbons (Fsp3) is 0.208. The van der Waals surface area contributed by atoms with Crippen molar-refractivity contribution >= 4 is 21.6 Å². The lowest BCUT2D eigenvalue weighted by molar-refractivity contribution is 0.0785. The molecule has 0 unspecified atom stereocenters. The van der Waals surface area contributed by atoms with Crippen LogP contribution in [0.25, 0.3) is 0 Å². The van der Waals surface area contributed by atoms with Gasteiger partial charge in [0, 0.05) is 24.8 Å². The van der Waals surface area contributed by atoms with Gasteiger partial charge in [-0.25, -0.2) is 8.42 Å². The summed E-state index contributed by atoms with van der Waals surface area (Å²) in [6, 6.07) is 21.2. The molecule has 6 nitrogen and oxygen atoms in total. The van der Waals surface area contributed by atoms with E-state index in [2.05, 4.69) is 4.72 Å². The second kappa shape index (κ2) is 9.66. The Bertz CT molecular complexity index is 1140. The van der Waals surface area contributed by atoms with Gasteiger partial charge >= 0.3 is 0 Å². The summed E-state index contributed by atoms with van der Waals surface area (Å²) in [4.78, 5) is 14.4. The van der Waals surface area contributed by atoms with Crippen LogP contribution in [-0.2, 0) is 23.0 Å². The monoisotopic (exact) mass is 438 g/mol. The molecule has 3 aromatic rings. The maximum absolute atomic E-state index is 13.1. The average molecular weight is 439 g/mol. The van der Waals surface area contributed by atoms with Crippen molar-refractivity contribution in [1.29, 1.82) is 0 Å². The van der Waals surface area contributed by atoms with Crippen LogP contribution < -0.4 is 9.46 Å². The lowest BCUT2D eigenvalue weighted by atomic mass is 10.1. The molecule has 3 rings (SSSR count). The third-order valence-corrected chi connectivity index (χ3v) is 6.33. The number of carbonyl (C=O) groups is 1. The Morgan fingerprint density at radius 1 is 0.968 bits per heavy atom. The summed E-state index contributed by atoms with van der Waals surface area (Å²) in [5.41, 5.74) is 2.80. The van der Waals surface area contributed by atoms with Crippen LogP contribution in [-0.4, -0.2) is 33.4 Å². The topological polar surface area (TPSA) is 75.7 Å². The van der Waals surface area contributed by atoms with E-state index < -0.39 is 10.0 Å². The van der Waals surface area contributed by atoms with Gasteiger partial charge < -0.3 is 9.64 Å². The van der Waals surface area contributed by atoms with Crippen molar-refractivity contribution in [2.45, 2.75) is 24.8 Å². The predicted molar refractivity (Wildman–Crippen MR) is 122 cm³/mol. The van der Waals surface area contributed by atoms with Crippen molar-refractivity contribution in [1.82, 2.24) is 4.90 Å². The summed E-state index contributed by atoms with van der Waals surface area (Å²) in [5.74, 6) is -0.116. The van der Waals surface area contributed by atoms with Crippen LogP contribution in [0.5, 0.6) is 5.75 Å². The van der Waals surface area contributed by atoms with Gasteiger partial charge in [0.25, 0.3) is 15.9 Å². The van der Waals surface area contributed by atoms with Gasteiger partial charge in [-0.1, -0.05) is 49.4 Å². The number of aryl methyl sites for hydroxylation is 1. The van der Waals surface area contributed by atoms with E-state index in [9.17, 15) is 13.2 Å². The van der Waals surface area contributed by atoms with Crippen molar-refractivity contribution in [3.8, 4) is 5.75 Å². The standard InChI is InChI=1S/C24H26N2O4S/c1-4-18-10-13-21(14-11-18)25-31(28,29)23-16-20(12-15-22(23)30-3)24(27)26(2)17-19-8-6-5-7-9-19/h5-16,25H,4,17H2,1-3H3. The van der Waals surface area contributed by atoms with Crippen molar-refractivity contribution in [3.05, 3.63) is 89.5 Å². The van der Waals surface area contributed by atoms with Gasteiger partial charge in [-0.3, -0.25) is 9.52 Å². The van der Waals surface area contributed by atoms with Gasteiger partial charge in [0.05, 0.1) is 7.11 Å². The molecule has 0 bridgehead atoms. The molecular formula is C24H26N2O4S. The van der Waals surface area contributed by atoms with Gasteiger partial charge in [-0.05, 0) is 47.9 Å². The smallest absolute Gasteiger partial charge is 0.265 e. The Labute approximate surface area is 183 Å². The quantitative estimate of drug-likeness (QED) is 0.568. The van der Waals surface area contributed by atoms with Crippen molar-refractivity contribution in [2.75, 3.05) is 18.9 Å². The number of nitrogens with zero attached hydrogens (tertiary/aromatic N) is 1. The Hall–Kier alpha value is -3.32. The van der Waals surface area contributed by atoms with E-state index in [1.165, 1.54) is 19.2 Å². The number of nitrogens with one attached hydrogen (secondary N) is 1. The molecule has 3 aromatic carbocycles. The molecule has 1 N–H and O–H groups in total. The summed E-state index contributed by atoms with van der Waals surface area (Å²) in [5, 5.41) is 0. The maximum Gasteiger partial charge on any atom is 0.265 e. The molecule has 0 spiro atoms. The zero-order valence-corrected chi connectivity index (χ0v) is 18.6. The maximum atomic E-state index is 13.1. The minimum Gasteiger partial charge on any atom is -0.495 e. The second-order valence-electron chi connectivity index (χ2n) is 7.17. The molecule has 7 heteroatoms. The molecule has 0 aliphatic rings. The first-order chi connectivity index (χ1) is 14.8. The number of sulfonamides is 1. The van der Waals surface area contributed by atoms with E-state index in [-0.39, 0.29) is 22.1 Å². The van der Waals surface area contributed by atoms with Crippen LogP contribution in [0.15, 0.2) is 77.7 Å². The molecule has 162 valence electrons. The lowest BCUT2D eigenvalue weighted by Gasteiger charge is -2.19. The number of anilines is 1. The molecule has 0 aromatic heterocycles. The third-order valence-electron chi connectivity index (χ3n) is 4.92. The number of rotatable bonds is 8. The van der Waals surface area contributed by atoms with E-state index in [1.54, 1.807) is 30.1 Å². The lowest BCUT2D eigenvalue weighted by Crippen LogP contribution is -2.26. The highest BCUT2D eigenvalue weighted by atomic mass is 32.2. The summed E-state index contributed by atoms with van der Waals surface area (Å²) < 4.78 is 33.9. The molecule has 0 fully saturated rings. The summed E-state index contributed by atoms with van der Waals surface area (Å²) in [6.07, 6.45) is 0.863. The molecule has 1 amide bonds. The number of hydrogen-bond acceptors (Lipinski definition) is 4. The number of methoxy groups -OCH3 is 1. The Balaban J connectivity index is 1.87. The zero-order valence-electron chi connectivity index (χ0n) is 17.8. The van der Waals surface area contributed by atoms with Crippen molar-refractivity contribution in [3.63, 3.8) is 0 Å². The van der Waals surface area contributed by atoms with E-state index in [0.29, 0.717) is 12.2 Å². The average Bonchev–Trinajstić information content (AvgIpc) is 2.79. The van der Waals surface area contributed by atoms with Gasteiger partial charge in [0.2, 0.25) is 0 Å². The normalized spacial score (nSPS) is 11.1. The van der Waals surface area contributed by atoms with E-state index >= 15 is 0 Å². The van der Waals surface area contributed by atoms with Gasteiger partial charge in [-0.15, -0.1) is 0 Å². The summed E-state index contributed by atoms with van der Waals surface area (Å²) in [6.45, 7) is 2.44. The Kier molecular flexibility index (Phi) is 6.97. The molecule has 0 aliphatic carbocycles. The van der Waals surface area contributed by atoms with E-state index in [4.69, 9.17) is 4.74 Å². The summed E-state index contributed by atoms with van der Waals surface area (Å²) in [7, 11) is -0.884. The van der Waals surface area contributed by atoms with Gasteiger partial charge in [0.1, 0.15) is 10.6 Å². The third kappa shape index (κ3) is 5.44. The van der Waals surface area contributed by atoms with Gasteiger partial charge in [-0.2, -0.15) is 0 Å². The largest absolute Gasteiger partial charge is 0.495 e. The fourth-order valence-corrected chi connectivity index (χ4v) is 4.44. The first-order valence-electron chi connectivity index (χ1n) is 9.93. The Morgan fingerprint density at radius 2 is 1.65 bits per heavy atom. The number of amides is 1. The minimum absolute atomic E-state index is 0.0893. The highest BCUT2D eigenvalue weighted by molar-refractivity contribution is 7.92. The highest BCUT2D eigenvalue weighted by Crippen LogP contribution is 2.28. The number of ether oxygens (including phenoxy) is 1. The van der Waals surface area contributed by atoms with E-state index in [1.807, 2.05) is 49.4 Å². The van der Waals surface area contributed by atoms with Crippen molar-refractivity contribution in [2.24, 2.45) is 0 Å². The number of benzene rings is 3. The van der Waals surface area contributed by atoms with Crippen LogP contribution in [0.3, 0.4) is 0 Å². The molecule has 0 aliphatic heterocycles. The first-order valence-corrected chi connectivity index (χ1v) is 11.4. The molecule has 0 atom stereocenters. The summed E-state index contributed by atoms with van der Waals surface area (Å²) >= 11 is 0. The highest BCUT2D eigenvalue weighted by Gasteiger charge is 2.23. The molecule has 31 heavy (non-hydrogen) atoms. The molecule has 0 saturated heterocycles. The first kappa shape index (κ1) is 22.4. The van der Waals surface area contributed by atoms with E-state index in [0.717, 1.165) is 17.5 Å². The van der Waals surface area contributed by atoms with Crippen LogP contribution in [0, 0.1) is 0 Å². The number of hydrogen-bond donors (Lipinski definition) is 1. The molecular weight excluding hydrogens is 412 g/mol. The van der Waals surface area contributed by atoms with Crippen LogP contribution in [0.1, 0.15) is 28.4 Å². The predicted octanol–water partition coefficient (Wildman–Crippen LogP) is 4.33.